The van der Waals surface area contributed by atoms with Crippen molar-refractivity contribution in [3.63, 3.8) is 0 Å². The van der Waals surface area contributed by atoms with Crippen LogP contribution in [0.15, 0.2) is 0 Å². The molecule has 2 N–H and O–H groups in total. The molecule has 0 bridgehead atoms. The van der Waals surface area contributed by atoms with E-state index in [-0.39, 0.29) is 0 Å². The molecule has 1 atom stereocenters. The van der Waals surface area contributed by atoms with Gasteiger partial charge in [-0.15, -0.1) is 0 Å². The van der Waals surface area contributed by atoms with Gasteiger partial charge in [-0.2, -0.15) is 8.42 Å². The largest absolute Gasteiger partial charge is 0.750 e. The maximum absolute atomic E-state index is 9.19. The minimum atomic E-state index is -3.67. The van der Waals surface area contributed by atoms with Crippen LogP contribution in [0.5, 0.6) is 0 Å². The average molecular weight is 177 g/mol. The molecule has 1 unspecified atom stereocenters. The van der Waals surface area contributed by atoms with Crippen molar-refractivity contribution in [3.8, 4) is 0 Å². The lowest BCUT2D eigenvalue weighted by Crippen LogP contribution is -1.88. The second-order valence-corrected chi connectivity index (χ2v) is 2.85. The van der Waals surface area contributed by atoms with Crippen LogP contribution in [-0.4, -0.2) is 32.5 Å². The highest BCUT2D eigenvalue weighted by atomic mass is 32.2. The smallest absolute Gasteiger partial charge is 0.261 e. The first-order chi connectivity index (χ1) is 3.73. The molecule has 58 valence electrons. The fourth-order valence-electron chi connectivity index (χ4n) is 0. The van der Waals surface area contributed by atoms with E-state index >= 15 is 0 Å². The molecule has 9 heavy (non-hydrogen) atoms. The molecule has 0 aliphatic heterocycles. The van der Waals surface area contributed by atoms with Crippen LogP contribution < -0.4 is 0 Å². The summed E-state index contributed by atoms with van der Waals surface area (Å²) in [6.45, 7) is 0. The van der Waals surface area contributed by atoms with E-state index in [9.17, 15) is 8.42 Å². The Labute approximate surface area is 54.8 Å². The molecule has 6 nitrogen and oxygen atoms in total. The van der Waals surface area contributed by atoms with Gasteiger partial charge in [-0.1, -0.05) is 0 Å². The minimum absolute atomic E-state index is 0.715. The predicted octanol–water partition coefficient (Wildman–Crippen LogP) is -1.16. The monoisotopic (exact) mass is 177 g/mol. The van der Waals surface area contributed by atoms with Crippen LogP contribution in [0.1, 0.15) is 0 Å². The van der Waals surface area contributed by atoms with Gasteiger partial charge < -0.3 is 9.11 Å². The quantitative estimate of drug-likeness (QED) is 0.356. The molecular formula is CH5O6S2-. The highest BCUT2D eigenvalue weighted by Gasteiger charge is 1.81. The first-order valence-corrected chi connectivity index (χ1v) is 4.32. The van der Waals surface area contributed by atoms with Gasteiger partial charge in [0.1, 0.15) is 0 Å². The van der Waals surface area contributed by atoms with Crippen molar-refractivity contribution in [2.24, 2.45) is 0 Å². The Morgan fingerprint density at radius 2 is 1.56 bits per heavy atom. The van der Waals surface area contributed by atoms with E-state index in [1.54, 1.807) is 0 Å². The third-order valence-electron chi connectivity index (χ3n) is 0. The van der Waals surface area contributed by atoms with Gasteiger partial charge in [0.05, 0.1) is 17.6 Å². The van der Waals surface area contributed by atoms with Crippen molar-refractivity contribution in [2.75, 3.05) is 6.26 Å². The second kappa shape index (κ2) is 4.82. The number of hydrogen-bond acceptors (Lipinski definition) is 4. The molecule has 0 fully saturated rings. The molecule has 0 heterocycles. The van der Waals surface area contributed by atoms with Gasteiger partial charge in [0.25, 0.3) is 10.1 Å². The number of rotatable bonds is 0. The maximum Gasteiger partial charge on any atom is 0.261 e. The Kier molecular flexibility index (Phi) is 6.29. The van der Waals surface area contributed by atoms with E-state index in [0.717, 1.165) is 0 Å². The summed E-state index contributed by atoms with van der Waals surface area (Å²) in [5.74, 6) is 0. The second-order valence-electron chi connectivity index (χ2n) is 0.950. The van der Waals surface area contributed by atoms with Crippen molar-refractivity contribution < 1.29 is 26.3 Å². The molecule has 8 heteroatoms. The van der Waals surface area contributed by atoms with Crippen molar-refractivity contribution in [2.45, 2.75) is 0 Å². The van der Waals surface area contributed by atoms with E-state index in [0.29, 0.717) is 6.26 Å². The predicted molar refractivity (Wildman–Crippen MR) is 29.0 cm³/mol. The van der Waals surface area contributed by atoms with Crippen LogP contribution in [0.4, 0.5) is 0 Å². The summed E-state index contributed by atoms with van der Waals surface area (Å²) >= 11 is -2.86. The Hall–Kier alpha value is -0.0200. The maximum atomic E-state index is 9.19. The van der Waals surface area contributed by atoms with Gasteiger partial charge in [0.15, 0.2) is 0 Å². The zero-order valence-corrected chi connectivity index (χ0v) is 5.98. The van der Waals surface area contributed by atoms with E-state index in [4.69, 9.17) is 17.9 Å². The molecule has 0 amide bonds. The Morgan fingerprint density at radius 3 is 1.56 bits per heavy atom. The van der Waals surface area contributed by atoms with E-state index in [1.165, 1.54) is 0 Å². The lowest BCUT2D eigenvalue weighted by Gasteiger charge is -1.83. The SMILES string of the molecule is CS(=O)(=O)O.O=S([O-])O. The van der Waals surface area contributed by atoms with Crippen LogP contribution in [0, 0.1) is 0 Å². The third kappa shape index (κ3) is 713000. The summed E-state index contributed by atoms with van der Waals surface area (Å²) in [6, 6.07) is 0. The van der Waals surface area contributed by atoms with Crippen molar-refractivity contribution in [3.05, 3.63) is 0 Å². The highest BCUT2D eigenvalue weighted by molar-refractivity contribution is 7.85. The Balaban J connectivity index is 0. The summed E-state index contributed by atoms with van der Waals surface area (Å²) in [6.07, 6.45) is 0.715. The molecule has 0 aromatic carbocycles. The molecule has 0 radical (unpaired) electrons. The van der Waals surface area contributed by atoms with Gasteiger partial charge in [-0.05, 0) is 0 Å². The molecule has 0 saturated carbocycles. The first-order valence-electron chi connectivity index (χ1n) is 1.44. The lowest BCUT2D eigenvalue weighted by molar-refractivity contribution is 0.436. The van der Waals surface area contributed by atoms with Crippen molar-refractivity contribution >= 4 is 21.5 Å². The van der Waals surface area contributed by atoms with Gasteiger partial charge in [0.2, 0.25) is 0 Å². The molecule has 0 aliphatic carbocycles. The molecular weight excluding hydrogens is 172 g/mol. The summed E-state index contributed by atoms with van der Waals surface area (Å²) in [5.41, 5.74) is 0. The molecule has 0 spiro atoms. The zero-order valence-electron chi connectivity index (χ0n) is 4.34. The molecule has 0 rings (SSSR count). The fourth-order valence-corrected chi connectivity index (χ4v) is 0. The molecule has 0 saturated heterocycles. The van der Waals surface area contributed by atoms with Crippen LogP contribution in [0.25, 0.3) is 0 Å². The summed E-state index contributed by atoms with van der Waals surface area (Å²) in [5, 5.41) is 0. The van der Waals surface area contributed by atoms with Gasteiger partial charge in [-0.25, -0.2) is 4.21 Å². The normalized spacial score (nSPS) is 13.3. The summed E-state index contributed by atoms with van der Waals surface area (Å²) in [7, 11) is -3.67. The lowest BCUT2D eigenvalue weighted by atomic mass is 12.0. The minimum Gasteiger partial charge on any atom is -0.750 e. The van der Waals surface area contributed by atoms with Gasteiger partial charge in [-0.3, -0.25) is 4.55 Å². The van der Waals surface area contributed by atoms with Crippen LogP contribution in [0.3, 0.4) is 0 Å². The topological polar surface area (TPSA) is 115 Å². The standard InChI is InChI=1S/CH4O3S.H2O3S/c1-5(2,3)4;1-4(2)3/h1H3,(H,2,3,4);(H2,1,2,3)/p-1. The van der Waals surface area contributed by atoms with Crippen molar-refractivity contribution in [1.29, 1.82) is 0 Å². The van der Waals surface area contributed by atoms with Crippen LogP contribution in [-0.2, 0) is 21.5 Å². The van der Waals surface area contributed by atoms with Crippen molar-refractivity contribution in [1.82, 2.24) is 0 Å². The first kappa shape index (κ1) is 11.7. The Bertz CT molecular complexity index is 153. The third-order valence-corrected chi connectivity index (χ3v) is 0. The average Bonchev–Trinajstić information content (AvgIpc) is 1.19. The van der Waals surface area contributed by atoms with Gasteiger partial charge in [0, 0.05) is 0 Å². The van der Waals surface area contributed by atoms with E-state index in [2.05, 4.69) is 0 Å². The Morgan fingerprint density at radius 1 is 1.56 bits per heavy atom. The van der Waals surface area contributed by atoms with Crippen LogP contribution in [0.2, 0.25) is 0 Å². The van der Waals surface area contributed by atoms with Crippen LogP contribution >= 0.6 is 0 Å². The molecule has 0 aliphatic rings. The summed E-state index contributed by atoms with van der Waals surface area (Å²) in [4.78, 5) is 0. The molecule has 0 aromatic rings. The summed E-state index contributed by atoms with van der Waals surface area (Å²) < 4.78 is 50.0. The van der Waals surface area contributed by atoms with E-state index in [1.807, 2.05) is 0 Å². The fraction of sp³-hybridized carbons (Fsp3) is 1.00. The number of hydrogen-bond donors (Lipinski definition) is 2. The van der Waals surface area contributed by atoms with E-state index < -0.39 is 21.5 Å². The molecule has 0 aromatic heterocycles. The van der Waals surface area contributed by atoms with Gasteiger partial charge >= 0.3 is 0 Å². The zero-order chi connectivity index (χ0) is 8.08. The highest BCUT2D eigenvalue weighted by Crippen LogP contribution is 1.60.